The van der Waals surface area contributed by atoms with Crippen LogP contribution in [0.3, 0.4) is 0 Å². The number of nitrogens with one attached hydrogen (secondary N) is 2. The summed E-state index contributed by atoms with van der Waals surface area (Å²) in [6.07, 6.45) is 1.65. The summed E-state index contributed by atoms with van der Waals surface area (Å²) < 4.78 is 10.4. The standard InChI is InChI=1S/C19H17N5O2/c1-13-10-18(24-26-13)23-19-21-16(14-6-3-2-4-7-14)11-17(22-19)20-12-15-8-5-9-25-15/h2-11H,12H2,1H3,(H2,20,21,22,23,24). The average molecular weight is 347 g/mol. The maximum atomic E-state index is 5.35. The molecule has 0 bridgehead atoms. The molecule has 0 unspecified atom stereocenters. The molecule has 4 aromatic rings. The van der Waals surface area contributed by atoms with E-state index < -0.39 is 0 Å². The zero-order valence-corrected chi connectivity index (χ0v) is 14.1. The lowest BCUT2D eigenvalue weighted by molar-refractivity contribution is 0.400. The van der Waals surface area contributed by atoms with Crippen LogP contribution in [0.4, 0.5) is 17.6 Å². The van der Waals surface area contributed by atoms with Crippen LogP contribution in [0.25, 0.3) is 11.3 Å². The van der Waals surface area contributed by atoms with Crippen molar-refractivity contribution in [3.63, 3.8) is 0 Å². The third-order valence-electron chi connectivity index (χ3n) is 3.69. The number of aromatic nitrogens is 3. The Morgan fingerprint density at radius 1 is 0.962 bits per heavy atom. The van der Waals surface area contributed by atoms with Crippen molar-refractivity contribution in [2.24, 2.45) is 0 Å². The van der Waals surface area contributed by atoms with Gasteiger partial charge in [0, 0.05) is 17.7 Å². The van der Waals surface area contributed by atoms with Gasteiger partial charge in [0.15, 0.2) is 5.82 Å². The fourth-order valence-corrected chi connectivity index (χ4v) is 2.48. The Labute approximate surface area is 150 Å². The Kier molecular flexibility index (Phi) is 4.34. The normalized spacial score (nSPS) is 10.7. The maximum Gasteiger partial charge on any atom is 0.231 e. The van der Waals surface area contributed by atoms with Crippen molar-refractivity contribution >= 4 is 17.6 Å². The Hall–Kier alpha value is -3.61. The van der Waals surface area contributed by atoms with Crippen molar-refractivity contribution in [1.29, 1.82) is 0 Å². The van der Waals surface area contributed by atoms with Crippen molar-refractivity contribution in [2.45, 2.75) is 13.5 Å². The van der Waals surface area contributed by atoms with Gasteiger partial charge in [0.25, 0.3) is 0 Å². The quantitative estimate of drug-likeness (QED) is 0.535. The van der Waals surface area contributed by atoms with Crippen LogP contribution in [0, 0.1) is 6.92 Å². The predicted molar refractivity (Wildman–Crippen MR) is 98.0 cm³/mol. The molecule has 0 atom stereocenters. The molecule has 0 aliphatic carbocycles. The lowest BCUT2D eigenvalue weighted by atomic mass is 10.1. The van der Waals surface area contributed by atoms with E-state index in [1.807, 2.05) is 55.5 Å². The van der Waals surface area contributed by atoms with E-state index in [0.29, 0.717) is 29.9 Å². The van der Waals surface area contributed by atoms with Crippen molar-refractivity contribution in [2.75, 3.05) is 10.6 Å². The Bertz CT molecular complexity index is 980. The van der Waals surface area contributed by atoms with E-state index in [2.05, 4.69) is 25.8 Å². The highest BCUT2D eigenvalue weighted by atomic mass is 16.5. The van der Waals surface area contributed by atoms with E-state index in [0.717, 1.165) is 17.0 Å². The van der Waals surface area contributed by atoms with Crippen LogP contribution in [0.5, 0.6) is 0 Å². The number of nitrogens with zero attached hydrogens (tertiary/aromatic N) is 3. The lowest BCUT2D eigenvalue weighted by Crippen LogP contribution is -2.05. The van der Waals surface area contributed by atoms with E-state index in [4.69, 9.17) is 8.94 Å². The van der Waals surface area contributed by atoms with Crippen LogP contribution in [0.1, 0.15) is 11.5 Å². The van der Waals surface area contributed by atoms with E-state index in [9.17, 15) is 0 Å². The first-order valence-electron chi connectivity index (χ1n) is 8.17. The number of hydrogen-bond donors (Lipinski definition) is 2. The Morgan fingerprint density at radius 3 is 2.58 bits per heavy atom. The summed E-state index contributed by atoms with van der Waals surface area (Å²) in [5.41, 5.74) is 1.79. The van der Waals surface area contributed by atoms with Gasteiger partial charge in [-0.2, -0.15) is 4.98 Å². The lowest BCUT2D eigenvalue weighted by Gasteiger charge is -2.10. The fraction of sp³-hybridized carbons (Fsp3) is 0.105. The smallest absolute Gasteiger partial charge is 0.231 e. The molecule has 2 N–H and O–H groups in total. The molecule has 0 aliphatic heterocycles. The minimum atomic E-state index is 0.432. The number of furan rings is 1. The number of aryl methyl sites for hydroxylation is 1. The first-order valence-corrected chi connectivity index (χ1v) is 8.17. The summed E-state index contributed by atoms with van der Waals surface area (Å²) >= 11 is 0. The molecule has 0 saturated heterocycles. The summed E-state index contributed by atoms with van der Waals surface area (Å²) in [5.74, 6) is 3.21. The molecule has 0 aliphatic rings. The predicted octanol–water partition coefficient (Wildman–Crippen LogP) is 4.39. The molecule has 4 rings (SSSR count). The minimum Gasteiger partial charge on any atom is -0.467 e. The Morgan fingerprint density at radius 2 is 1.85 bits per heavy atom. The fourth-order valence-electron chi connectivity index (χ4n) is 2.48. The largest absolute Gasteiger partial charge is 0.467 e. The van der Waals surface area contributed by atoms with Gasteiger partial charge >= 0.3 is 0 Å². The van der Waals surface area contributed by atoms with Crippen LogP contribution < -0.4 is 10.6 Å². The zero-order valence-electron chi connectivity index (χ0n) is 14.1. The maximum absolute atomic E-state index is 5.35. The van der Waals surface area contributed by atoms with Crippen molar-refractivity contribution in [3.8, 4) is 11.3 Å². The topological polar surface area (TPSA) is 89.0 Å². The second-order valence-electron chi connectivity index (χ2n) is 5.71. The highest BCUT2D eigenvalue weighted by Crippen LogP contribution is 2.23. The van der Waals surface area contributed by atoms with Gasteiger partial charge in [-0.3, -0.25) is 0 Å². The molecule has 1 aromatic carbocycles. The van der Waals surface area contributed by atoms with E-state index in [1.165, 1.54) is 0 Å². The molecule has 3 heterocycles. The van der Waals surface area contributed by atoms with Crippen molar-refractivity contribution < 1.29 is 8.94 Å². The molecule has 0 amide bonds. The number of anilines is 3. The molecule has 0 radical (unpaired) electrons. The van der Waals surface area contributed by atoms with E-state index in [1.54, 1.807) is 12.3 Å². The molecule has 0 fully saturated rings. The summed E-state index contributed by atoms with van der Waals surface area (Å²) in [4.78, 5) is 9.09. The van der Waals surface area contributed by atoms with Crippen LogP contribution in [0.15, 0.2) is 69.8 Å². The monoisotopic (exact) mass is 347 g/mol. The minimum absolute atomic E-state index is 0.432. The summed E-state index contributed by atoms with van der Waals surface area (Å²) in [7, 11) is 0. The number of hydrogen-bond acceptors (Lipinski definition) is 7. The first kappa shape index (κ1) is 15.9. The molecule has 7 nitrogen and oxygen atoms in total. The van der Waals surface area contributed by atoms with Crippen LogP contribution >= 0.6 is 0 Å². The average Bonchev–Trinajstić information content (AvgIpc) is 3.32. The first-order chi connectivity index (χ1) is 12.8. The van der Waals surface area contributed by atoms with Gasteiger partial charge in [0.1, 0.15) is 17.3 Å². The van der Waals surface area contributed by atoms with Crippen LogP contribution in [0.2, 0.25) is 0 Å². The molecule has 130 valence electrons. The third kappa shape index (κ3) is 3.72. The second kappa shape index (κ2) is 7.10. The highest BCUT2D eigenvalue weighted by molar-refractivity contribution is 5.65. The van der Waals surface area contributed by atoms with Gasteiger partial charge in [0.2, 0.25) is 5.95 Å². The number of benzene rings is 1. The molecule has 3 aromatic heterocycles. The third-order valence-corrected chi connectivity index (χ3v) is 3.69. The molecular weight excluding hydrogens is 330 g/mol. The van der Waals surface area contributed by atoms with E-state index in [-0.39, 0.29) is 0 Å². The second-order valence-corrected chi connectivity index (χ2v) is 5.71. The van der Waals surface area contributed by atoms with Crippen LogP contribution in [-0.2, 0) is 6.54 Å². The molecule has 0 spiro atoms. The molecular formula is C19H17N5O2. The van der Waals surface area contributed by atoms with Gasteiger partial charge in [-0.15, -0.1) is 0 Å². The summed E-state index contributed by atoms with van der Waals surface area (Å²) in [5, 5.41) is 10.3. The van der Waals surface area contributed by atoms with Gasteiger partial charge in [-0.1, -0.05) is 35.5 Å². The van der Waals surface area contributed by atoms with E-state index >= 15 is 0 Å². The Balaban J connectivity index is 1.64. The highest BCUT2D eigenvalue weighted by Gasteiger charge is 2.09. The van der Waals surface area contributed by atoms with Gasteiger partial charge < -0.3 is 19.6 Å². The molecule has 7 heteroatoms. The summed E-state index contributed by atoms with van der Waals surface area (Å²) in [6, 6.07) is 17.4. The van der Waals surface area contributed by atoms with Gasteiger partial charge in [-0.05, 0) is 19.1 Å². The zero-order chi connectivity index (χ0) is 17.8. The molecule has 26 heavy (non-hydrogen) atoms. The SMILES string of the molecule is Cc1cc(Nc2nc(NCc3ccco3)cc(-c3ccccc3)n2)no1. The molecule has 0 saturated carbocycles. The van der Waals surface area contributed by atoms with Gasteiger partial charge in [-0.25, -0.2) is 4.98 Å². The number of rotatable bonds is 6. The van der Waals surface area contributed by atoms with Crippen molar-refractivity contribution in [3.05, 3.63) is 72.4 Å². The van der Waals surface area contributed by atoms with Crippen LogP contribution in [-0.4, -0.2) is 15.1 Å². The van der Waals surface area contributed by atoms with Gasteiger partial charge in [0.05, 0.1) is 18.5 Å². The summed E-state index contributed by atoms with van der Waals surface area (Å²) in [6.45, 7) is 2.36. The van der Waals surface area contributed by atoms with Crippen molar-refractivity contribution in [1.82, 2.24) is 15.1 Å².